The van der Waals surface area contributed by atoms with Crippen LogP contribution < -0.4 is 0 Å². The second-order valence-electron chi connectivity index (χ2n) is 17.7. The number of hydrogen-bond donors (Lipinski definition) is 5. The van der Waals surface area contributed by atoms with Crippen molar-refractivity contribution in [1.82, 2.24) is 9.80 Å². The number of carbonyl (C=O) groups is 1. The fourth-order valence-electron chi connectivity index (χ4n) is 9.18. The van der Waals surface area contributed by atoms with E-state index in [2.05, 4.69) is 11.8 Å². The molecule has 0 saturated carbocycles. The predicted molar refractivity (Wildman–Crippen MR) is 203 cm³/mol. The van der Waals surface area contributed by atoms with Crippen molar-refractivity contribution in [3.05, 3.63) is 0 Å². The molecular weight excluding hydrogens is 700 g/mol. The van der Waals surface area contributed by atoms with E-state index in [4.69, 9.17) is 28.4 Å². The number of likely N-dealkylation sites (N-methyl/N-ethyl adjacent to an activating group) is 2. The molecule has 3 saturated heterocycles. The summed E-state index contributed by atoms with van der Waals surface area (Å²) < 4.78 is 37.8. The summed E-state index contributed by atoms with van der Waals surface area (Å²) in [6, 6.07) is -0.790. The van der Waals surface area contributed by atoms with E-state index in [1.807, 2.05) is 46.7 Å². The molecule has 0 aliphatic carbocycles. The molecule has 0 bridgehead atoms. The molecule has 0 aromatic carbocycles. The molecule has 318 valence electrons. The quantitative estimate of drug-likeness (QED) is 0.216. The Hall–Kier alpha value is -1.01. The van der Waals surface area contributed by atoms with Gasteiger partial charge in [0.1, 0.15) is 30.0 Å². The van der Waals surface area contributed by atoms with Gasteiger partial charge in [0.25, 0.3) is 0 Å². The van der Waals surface area contributed by atoms with Crippen LogP contribution in [-0.4, -0.2) is 166 Å². The van der Waals surface area contributed by atoms with Gasteiger partial charge in [-0.15, -0.1) is 0 Å². The van der Waals surface area contributed by atoms with Gasteiger partial charge in [-0.1, -0.05) is 27.7 Å². The Bertz CT molecular complexity index is 1180. The molecule has 3 aliphatic rings. The maximum atomic E-state index is 14.3. The molecule has 0 radical (unpaired) electrons. The Morgan fingerprint density at radius 2 is 1.57 bits per heavy atom. The van der Waals surface area contributed by atoms with E-state index in [1.165, 1.54) is 14.0 Å². The van der Waals surface area contributed by atoms with Crippen LogP contribution in [0.5, 0.6) is 0 Å². The first kappa shape index (κ1) is 47.4. The standard InChI is InChI=1S/C40H76N2O12/c1-15-17-41(12)28-18-23(4)50-37(31(28)43)54-35-24(5)32(53-30-20-39(10,49-14)34(45)27(8)51-30)25(6)36(46)52-29(16-2)40(11,48)33(44)26(7)42(13)21-22(3)19-38(35,9)47/h22-35,37,43-45,47-48H,15-21H2,1-14H3/t22-,23-,24+,25-,26-,27+,28+,29-,30+,31-,32+,33-,34+,35-,37+,38-,39-,40-/m1/s1. The minimum Gasteiger partial charge on any atom is -0.459 e. The van der Waals surface area contributed by atoms with Gasteiger partial charge < -0.3 is 63.8 Å². The molecule has 3 aliphatic heterocycles. The van der Waals surface area contributed by atoms with Crippen molar-refractivity contribution in [2.45, 2.75) is 199 Å². The van der Waals surface area contributed by atoms with Gasteiger partial charge in [0.2, 0.25) is 0 Å². The normalized spacial score (nSPS) is 48.2. The molecule has 0 aromatic rings. The van der Waals surface area contributed by atoms with Gasteiger partial charge in [0.15, 0.2) is 12.6 Å². The fraction of sp³-hybridized carbons (Fsp3) is 0.975. The number of rotatable bonds is 9. The third-order valence-corrected chi connectivity index (χ3v) is 12.7. The molecule has 18 atom stereocenters. The lowest BCUT2D eigenvalue weighted by Crippen LogP contribution is -2.60. The van der Waals surface area contributed by atoms with Crippen LogP contribution in [0.1, 0.15) is 108 Å². The third kappa shape index (κ3) is 10.7. The first-order valence-corrected chi connectivity index (χ1v) is 20.2. The number of nitrogens with zero attached hydrogens (tertiary/aromatic N) is 2. The molecule has 0 aromatic heterocycles. The van der Waals surface area contributed by atoms with Crippen LogP contribution in [0.3, 0.4) is 0 Å². The zero-order valence-corrected chi connectivity index (χ0v) is 35.6. The van der Waals surface area contributed by atoms with Crippen LogP contribution in [-0.2, 0) is 33.2 Å². The number of aliphatic hydroxyl groups is 5. The van der Waals surface area contributed by atoms with Crippen molar-refractivity contribution in [1.29, 1.82) is 0 Å². The molecule has 0 amide bonds. The summed E-state index contributed by atoms with van der Waals surface area (Å²) in [5.41, 5.74) is -4.38. The predicted octanol–water partition coefficient (Wildman–Crippen LogP) is 2.68. The second kappa shape index (κ2) is 19.2. The van der Waals surface area contributed by atoms with E-state index in [-0.39, 0.29) is 37.3 Å². The highest BCUT2D eigenvalue weighted by atomic mass is 16.7. The molecular formula is C40H76N2O12. The van der Waals surface area contributed by atoms with E-state index in [0.29, 0.717) is 13.0 Å². The number of aliphatic hydroxyl groups excluding tert-OH is 3. The van der Waals surface area contributed by atoms with Gasteiger partial charge in [-0.05, 0) is 101 Å². The summed E-state index contributed by atoms with van der Waals surface area (Å²) >= 11 is 0. The van der Waals surface area contributed by atoms with E-state index >= 15 is 0 Å². The Labute approximate surface area is 324 Å². The molecule has 0 spiro atoms. The zero-order chi connectivity index (χ0) is 41.1. The molecule has 54 heavy (non-hydrogen) atoms. The highest BCUT2D eigenvalue weighted by Crippen LogP contribution is 2.40. The highest BCUT2D eigenvalue weighted by molar-refractivity contribution is 5.73. The molecule has 3 fully saturated rings. The van der Waals surface area contributed by atoms with Crippen LogP contribution in [0, 0.1) is 17.8 Å². The largest absolute Gasteiger partial charge is 0.459 e. The Kier molecular flexibility index (Phi) is 16.8. The van der Waals surface area contributed by atoms with Crippen molar-refractivity contribution in [3.63, 3.8) is 0 Å². The van der Waals surface area contributed by atoms with E-state index < -0.39 is 96.0 Å². The molecule has 14 nitrogen and oxygen atoms in total. The van der Waals surface area contributed by atoms with E-state index in [0.717, 1.165) is 13.0 Å². The minimum absolute atomic E-state index is 0.134. The average Bonchev–Trinajstić information content (AvgIpc) is 3.09. The smallest absolute Gasteiger partial charge is 0.311 e. The van der Waals surface area contributed by atoms with Gasteiger partial charge in [-0.2, -0.15) is 0 Å². The number of cyclic esters (lactones) is 1. The number of methoxy groups -OCH3 is 1. The Morgan fingerprint density at radius 3 is 2.15 bits per heavy atom. The number of carbonyl (C=O) groups excluding carboxylic acids is 1. The van der Waals surface area contributed by atoms with Crippen molar-refractivity contribution >= 4 is 5.97 Å². The Morgan fingerprint density at radius 1 is 0.944 bits per heavy atom. The summed E-state index contributed by atoms with van der Waals surface area (Å²) in [6.45, 7) is 21.0. The van der Waals surface area contributed by atoms with E-state index in [1.54, 1.807) is 34.6 Å². The zero-order valence-electron chi connectivity index (χ0n) is 35.6. The maximum Gasteiger partial charge on any atom is 0.311 e. The second-order valence-corrected chi connectivity index (χ2v) is 17.7. The van der Waals surface area contributed by atoms with Crippen LogP contribution in [0.15, 0.2) is 0 Å². The van der Waals surface area contributed by atoms with Crippen LogP contribution in [0.2, 0.25) is 0 Å². The Balaban J connectivity index is 2.18. The number of hydrogen-bond acceptors (Lipinski definition) is 14. The fourth-order valence-corrected chi connectivity index (χ4v) is 9.18. The lowest BCUT2D eigenvalue weighted by atomic mass is 9.77. The van der Waals surface area contributed by atoms with Crippen LogP contribution >= 0.6 is 0 Å². The molecule has 14 heteroatoms. The number of esters is 1. The number of ether oxygens (including phenoxy) is 6. The monoisotopic (exact) mass is 777 g/mol. The first-order valence-electron chi connectivity index (χ1n) is 20.2. The lowest BCUT2D eigenvalue weighted by Gasteiger charge is -2.49. The topological polar surface area (TPSA) is 180 Å². The highest BCUT2D eigenvalue weighted by Gasteiger charge is 2.52. The van der Waals surface area contributed by atoms with Gasteiger partial charge in [-0.25, -0.2) is 0 Å². The van der Waals surface area contributed by atoms with E-state index in [9.17, 15) is 30.3 Å². The summed E-state index contributed by atoms with van der Waals surface area (Å²) in [4.78, 5) is 18.3. The SMILES string of the molecule is CCCN(C)[C@H]1C[C@@H](C)O[C@@H](O[C@@H]2[C@@H](C)[C@H](O[C@H]3C[C@@](C)(OC)[C@@H](O)[C@H](C)O3)[C@@H](C)C(=O)O[C@H](CC)[C@@](C)(O)[C@H](O)[C@@H](C)N(C)C[C@H](C)C[C@@]2(C)O)[C@@H]1O. The third-order valence-electron chi connectivity index (χ3n) is 12.7. The van der Waals surface area contributed by atoms with Crippen molar-refractivity contribution in [2.75, 3.05) is 34.3 Å². The van der Waals surface area contributed by atoms with Crippen LogP contribution in [0.25, 0.3) is 0 Å². The average molecular weight is 777 g/mol. The summed E-state index contributed by atoms with van der Waals surface area (Å²) in [7, 11) is 5.33. The first-order chi connectivity index (χ1) is 24.9. The lowest BCUT2D eigenvalue weighted by molar-refractivity contribution is -0.318. The summed E-state index contributed by atoms with van der Waals surface area (Å²) in [6.07, 6.45) is -7.26. The summed E-state index contributed by atoms with van der Waals surface area (Å²) in [5, 5.41) is 58.5. The van der Waals surface area contributed by atoms with Crippen molar-refractivity contribution in [2.24, 2.45) is 17.8 Å². The van der Waals surface area contributed by atoms with Gasteiger partial charge in [0, 0.05) is 38.1 Å². The molecule has 3 rings (SSSR count). The minimum atomic E-state index is -1.80. The maximum absolute atomic E-state index is 14.3. The van der Waals surface area contributed by atoms with Gasteiger partial charge in [-0.3, -0.25) is 4.79 Å². The van der Waals surface area contributed by atoms with Crippen molar-refractivity contribution in [3.8, 4) is 0 Å². The van der Waals surface area contributed by atoms with Gasteiger partial charge in [0.05, 0.1) is 41.5 Å². The van der Waals surface area contributed by atoms with Crippen molar-refractivity contribution < 1.29 is 58.7 Å². The molecule has 5 N–H and O–H groups in total. The van der Waals surface area contributed by atoms with Crippen LogP contribution in [0.4, 0.5) is 0 Å². The molecule has 3 heterocycles. The van der Waals surface area contributed by atoms with Gasteiger partial charge >= 0.3 is 5.97 Å². The molecule has 0 unspecified atom stereocenters. The summed E-state index contributed by atoms with van der Waals surface area (Å²) in [5.74, 6) is -2.58.